The number of para-hydroxylation sites is 2. The lowest BCUT2D eigenvalue weighted by Crippen LogP contribution is -2.02. The van der Waals surface area contributed by atoms with Gasteiger partial charge in [-0.25, -0.2) is 0 Å². The zero-order chi connectivity index (χ0) is 13.7. The summed E-state index contributed by atoms with van der Waals surface area (Å²) in [5.74, 6) is 0.890. The van der Waals surface area contributed by atoms with Crippen LogP contribution in [0.4, 0.5) is 5.69 Å². The first-order valence-electron chi connectivity index (χ1n) is 6.10. The van der Waals surface area contributed by atoms with Crippen LogP contribution in [0.5, 0.6) is 5.75 Å². The Labute approximate surface area is 130 Å². The maximum Gasteiger partial charge on any atom is 0.142 e. The predicted molar refractivity (Wildman–Crippen MR) is 86.8 cm³/mol. The highest BCUT2D eigenvalue weighted by Crippen LogP contribution is 2.26. The summed E-state index contributed by atoms with van der Waals surface area (Å²) in [4.78, 5) is 0. The molecule has 0 radical (unpaired) electrons. The van der Waals surface area contributed by atoms with Gasteiger partial charge in [-0.2, -0.15) is 0 Å². The van der Waals surface area contributed by atoms with E-state index in [0.717, 1.165) is 26.9 Å². The molecule has 1 N–H and O–H groups in total. The van der Waals surface area contributed by atoms with Crippen LogP contribution in [-0.4, -0.2) is 6.61 Å². The smallest absolute Gasteiger partial charge is 0.142 e. The average molecular weight is 385 g/mol. The van der Waals surface area contributed by atoms with Gasteiger partial charge in [0.15, 0.2) is 0 Å². The Bertz CT molecular complexity index is 558. The van der Waals surface area contributed by atoms with Gasteiger partial charge in [0.1, 0.15) is 5.75 Å². The van der Waals surface area contributed by atoms with E-state index in [-0.39, 0.29) is 0 Å². The number of hydrogen-bond donors (Lipinski definition) is 1. The van der Waals surface area contributed by atoms with E-state index in [1.54, 1.807) is 0 Å². The zero-order valence-corrected chi connectivity index (χ0v) is 13.8. The first-order chi connectivity index (χ1) is 9.20. The van der Waals surface area contributed by atoms with Crippen LogP contribution in [0, 0.1) is 0 Å². The van der Waals surface area contributed by atoms with E-state index in [0.29, 0.717) is 6.61 Å². The molecule has 0 fully saturated rings. The van der Waals surface area contributed by atoms with Crippen LogP contribution in [0.3, 0.4) is 0 Å². The van der Waals surface area contributed by atoms with Crippen molar-refractivity contribution in [2.24, 2.45) is 0 Å². The van der Waals surface area contributed by atoms with Crippen molar-refractivity contribution in [3.05, 3.63) is 57.0 Å². The summed E-state index contributed by atoms with van der Waals surface area (Å²) < 4.78 is 7.71. The molecular weight excluding hydrogens is 370 g/mol. The Morgan fingerprint density at radius 2 is 1.84 bits per heavy atom. The molecule has 4 heteroatoms. The lowest BCUT2D eigenvalue weighted by atomic mass is 10.2. The molecule has 0 amide bonds. The van der Waals surface area contributed by atoms with Gasteiger partial charge < -0.3 is 10.1 Å². The van der Waals surface area contributed by atoms with Crippen molar-refractivity contribution in [2.45, 2.75) is 13.5 Å². The van der Waals surface area contributed by atoms with Crippen molar-refractivity contribution in [2.75, 3.05) is 11.9 Å². The van der Waals surface area contributed by atoms with Gasteiger partial charge in [0.05, 0.1) is 12.3 Å². The van der Waals surface area contributed by atoms with Crippen LogP contribution in [0.15, 0.2) is 51.4 Å². The molecule has 0 heterocycles. The number of rotatable bonds is 5. The van der Waals surface area contributed by atoms with Crippen molar-refractivity contribution in [1.82, 2.24) is 0 Å². The molecule has 100 valence electrons. The molecule has 0 aliphatic heterocycles. The number of hydrogen-bond acceptors (Lipinski definition) is 2. The van der Waals surface area contributed by atoms with Gasteiger partial charge in [-0.3, -0.25) is 0 Å². The molecule has 0 unspecified atom stereocenters. The molecule has 0 aromatic heterocycles. The van der Waals surface area contributed by atoms with E-state index < -0.39 is 0 Å². The minimum atomic E-state index is 0.669. The van der Waals surface area contributed by atoms with E-state index in [2.05, 4.69) is 49.3 Å². The van der Waals surface area contributed by atoms with Gasteiger partial charge in [0.25, 0.3) is 0 Å². The molecule has 2 aromatic carbocycles. The number of nitrogens with one attached hydrogen (secondary N) is 1. The SMILES string of the molecule is CCOc1ccccc1NCc1ccc(Br)c(Br)c1. The highest BCUT2D eigenvalue weighted by Gasteiger charge is 2.03. The lowest BCUT2D eigenvalue weighted by molar-refractivity contribution is 0.341. The Morgan fingerprint density at radius 3 is 2.58 bits per heavy atom. The average Bonchev–Trinajstić information content (AvgIpc) is 2.42. The van der Waals surface area contributed by atoms with Crippen molar-refractivity contribution >= 4 is 37.5 Å². The zero-order valence-electron chi connectivity index (χ0n) is 10.6. The maximum atomic E-state index is 5.59. The van der Waals surface area contributed by atoms with Gasteiger partial charge >= 0.3 is 0 Å². The minimum absolute atomic E-state index is 0.669. The third-order valence-electron chi connectivity index (χ3n) is 2.65. The Morgan fingerprint density at radius 1 is 1.05 bits per heavy atom. The van der Waals surface area contributed by atoms with Crippen molar-refractivity contribution in [1.29, 1.82) is 0 Å². The molecule has 2 nitrogen and oxygen atoms in total. The number of benzene rings is 2. The van der Waals surface area contributed by atoms with E-state index in [9.17, 15) is 0 Å². The second-order valence-corrected chi connectivity index (χ2v) is 5.74. The third kappa shape index (κ3) is 3.98. The maximum absolute atomic E-state index is 5.59. The molecule has 0 aliphatic rings. The molecule has 0 saturated carbocycles. The second-order valence-electron chi connectivity index (χ2n) is 4.03. The van der Waals surface area contributed by atoms with Gasteiger partial charge in [-0.15, -0.1) is 0 Å². The van der Waals surface area contributed by atoms with Gasteiger partial charge in [-0.05, 0) is 68.6 Å². The molecule has 0 bridgehead atoms. The van der Waals surface area contributed by atoms with Gasteiger partial charge in [0.2, 0.25) is 0 Å². The van der Waals surface area contributed by atoms with Crippen LogP contribution in [0.2, 0.25) is 0 Å². The lowest BCUT2D eigenvalue weighted by Gasteiger charge is -2.12. The highest BCUT2D eigenvalue weighted by atomic mass is 79.9. The van der Waals surface area contributed by atoms with Crippen LogP contribution in [0.25, 0.3) is 0 Å². The first-order valence-corrected chi connectivity index (χ1v) is 7.69. The van der Waals surface area contributed by atoms with Crippen molar-refractivity contribution in [3.8, 4) is 5.75 Å². The molecular formula is C15H15Br2NO. The Balaban J connectivity index is 2.07. The van der Waals surface area contributed by atoms with Crippen LogP contribution >= 0.6 is 31.9 Å². The normalized spacial score (nSPS) is 10.3. The summed E-state index contributed by atoms with van der Waals surface area (Å²) in [6, 6.07) is 14.2. The largest absolute Gasteiger partial charge is 0.492 e. The Kier molecular flexibility index (Phi) is 5.28. The van der Waals surface area contributed by atoms with Crippen LogP contribution < -0.4 is 10.1 Å². The summed E-state index contributed by atoms with van der Waals surface area (Å²) >= 11 is 6.98. The van der Waals surface area contributed by atoms with E-state index >= 15 is 0 Å². The fourth-order valence-corrected chi connectivity index (χ4v) is 2.41. The summed E-state index contributed by atoms with van der Waals surface area (Å²) in [5, 5.41) is 3.40. The van der Waals surface area contributed by atoms with Gasteiger partial charge in [0, 0.05) is 15.5 Å². The summed E-state index contributed by atoms with van der Waals surface area (Å²) in [6.07, 6.45) is 0. The van der Waals surface area contributed by atoms with Gasteiger partial charge in [-0.1, -0.05) is 18.2 Å². The second kappa shape index (κ2) is 6.96. The number of halogens is 2. The molecule has 19 heavy (non-hydrogen) atoms. The summed E-state index contributed by atoms with van der Waals surface area (Å²) in [7, 11) is 0. The highest BCUT2D eigenvalue weighted by molar-refractivity contribution is 9.13. The Hall–Kier alpha value is -1.000. The predicted octanol–water partition coefficient (Wildman–Crippen LogP) is 5.22. The van der Waals surface area contributed by atoms with E-state index in [1.165, 1.54) is 5.56 Å². The quantitative estimate of drug-likeness (QED) is 0.762. The van der Waals surface area contributed by atoms with Crippen molar-refractivity contribution < 1.29 is 4.74 Å². The minimum Gasteiger partial charge on any atom is -0.492 e. The fraction of sp³-hybridized carbons (Fsp3) is 0.200. The van der Waals surface area contributed by atoms with Crippen molar-refractivity contribution in [3.63, 3.8) is 0 Å². The number of anilines is 1. The van der Waals surface area contributed by atoms with Crippen LogP contribution in [0.1, 0.15) is 12.5 Å². The first kappa shape index (κ1) is 14.4. The summed E-state index contributed by atoms with van der Waals surface area (Å²) in [6.45, 7) is 3.42. The monoisotopic (exact) mass is 383 g/mol. The standard InChI is InChI=1S/C15H15Br2NO/c1-2-19-15-6-4-3-5-14(15)18-10-11-7-8-12(16)13(17)9-11/h3-9,18H,2,10H2,1H3. The number of ether oxygens (including phenoxy) is 1. The topological polar surface area (TPSA) is 21.3 Å². The molecule has 2 rings (SSSR count). The van der Waals surface area contributed by atoms with E-state index in [1.807, 2.05) is 37.3 Å². The molecule has 0 aliphatic carbocycles. The van der Waals surface area contributed by atoms with E-state index in [4.69, 9.17) is 4.74 Å². The van der Waals surface area contributed by atoms with Crippen LogP contribution in [-0.2, 0) is 6.54 Å². The summed E-state index contributed by atoms with van der Waals surface area (Å²) in [5.41, 5.74) is 2.23. The molecule has 2 aromatic rings. The molecule has 0 saturated heterocycles. The molecule has 0 atom stereocenters. The third-order valence-corrected chi connectivity index (χ3v) is 4.53. The molecule has 0 spiro atoms. The fourth-order valence-electron chi connectivity index (χ4n) is 1.74.